The molecule has 194 valence electrons. The van der Waals surface area contributed by atoms with Crippen LogP contribution < -0.4 is 4.74 Å². The highest BCUT2D eigenvalue weighted by molar-refractivity contribution is 6.07. The van der Waals surface area contributed by atoms with Crippen molar-refractivity contribution in [1.82, 2.24) is 14.7 Å². The van der Waals surface area contributed by atoms with Crippen molar-refractivity contribution in [2.75, 3.05) is 46.5 Å². The summed E-state index contributed by atoms with van der Waals surface area (Å²) >= 11 is 0. The predicted molar refractivity (Wildman–Crippen MR) is 143 cm³/mol. The zero-order chi connectivity index (χ0) is 25.7. The summed E-state index contributed by atoms with van der Waals surface area (Å²) in [7, 11) is 1.62. The topological polar surface area (TPSA) is 62.3 Å². The van der Waals surface area contributed by atoms with Gasteiger partial charge in [0.1, 0.15) is 11.3 Å². The van der Waals surface area contributed by atoms with Crippen molar-refractivity contribution >= 4 is 22.7 Å². The fourth-order valence-electron chi connectivity index (χ4n) is 5.56. The monoisotopic (exact) mass is 501 g/mol. The Kier molecular flexibility index (Phi) is 7.72. The van der Waals surface area contributed by atoms with Crippen molar-refractivity contribution in [3.8, 4) is 5.75 Å². The van der Waals surface area contributed by atoms with Gasteiger partial charge in [-0.1, -0.05) is 54.6 Å². The van der Waals surface area contributed by atoms with Crippen LogP contribution >= 0.6 is 0 Å². The number of carbonyl (C=O) groups excluding carboxylic acids is 2. The van der Waals surface area contributed by atoms with E-state index in [0.717, 1.165) is 25.4 Å². The summed E-state index contributed by atoms with van der Waals surface area (Å²) in [6, 6.07) is 24.4. The van der Waals surface area contributed by atoms with E-state index in [0.29, 0.717) is 45.6 Å². The van der Waals surface area contributed by atoms with Gasteiger partial charge in [-0.3, -0.25) is 14.6 Å². The third kappa shape index (κ3) is 5.33. The van der Waals surface area contributed by atoms with E-state index < -0.39 is 5.54 Å². The second-order valence-corrected chi connectivity index (χ2v) is 9.89. The quantitative estimate of drug-likeness (QED) is 0.301. The van der Waals surface area contributed by atoms with Crippen LogP contribution in [0.15, 0.2) is 72.8 Å². The molecule has 0 unspecified atom stereocenters. The number of rotatable bonds is 10. The van der Waals surface area contributed by atoms with E-state index >= 15 is 0 Å². The molecular weight excluding hydrogens is 466 g/mol. The first-order valence-corrected chi connectivity index (χ1v) is 13.1. The molecule has 0 aliphatic carbocycles. The van der Waals surface area contributed by atoms with Crippen molar-refractivity contribution in [2.24, 2.45) is 0 Å². The predicted octanol–water partition coefficient (Wildman–Crippen LogP) is 4.55. The van der Waals surface area contributed by atoms with Crippen LogP contribution in [0.2, 0.25) is 0 Å². The van der Waals surface area contributed by atoms with E-state index in [-0.39, 0.29) is 11.9 Å². The normalized spacial score (nSPS) is 17.8. The van der Waals surface area contributed by atoms with Crippen LogP contribution in [0.3, 0.4) is 0 Å². The van der Waals surface area contributed by atoms with Crippen LogP contribution in [-0.2, 0) is 16.1 Å². The van der Waals surface area contributed by atoms with Crippen LogP contribution in [0, 0.1) is 0 Å². The van der Waals surface area contributed by atoms with Gasteiger partial charge in [0.2, 0.25) is 0 Å². The highest BCUT2D eigenvalue weighted by Gasteiger charge is 2.57. The Morgan fingerprint density at radius 2 is 1.57 bits per heavy atom. The Balaban J connectivity index is 1.22. The van der Waals surface area contributed by atoms with E-state index in [1.807, 2.05) is 30.3 Å². The lowest BCUT2D eigenvalue weighted by atomic mass is 9.85. The van der Waals surface area contributed by atoms with Crippen molar-refractivity contribution in [1.29, 1.82) is 0 Å². The van der Waals surface area contributed by atoms with Gasteiger partial charge >= 0.3 is 6.03 Å². The van der Waals surface area contributed by atoms with Gasteiger partial charge in [0.05, 0.1) is 13.2 Å². The second kappa shape index (κ2) is 11.3. The average molecular weight is 502 g/mol. The number of hydrogen-bond acceptors (Lipinski definition) is 5. The highest BCUT2D eigenvalue weighted by atomic mass is 16.5. The third-order valence-corrected chi connectivity index (χ3v) is 7.58. The molecule has 7 nitrogen and oxygen atoms in total. The van der Waals surface area contributed by atoms with Gasteiger partial charge in [0.25, 0.3) is 5.91 Å². The smallest absolute Gasteiger partial charge is 0.327 e. The van der Waals surface area contributed by atoms with Gasteiger partial charge in [0, 0.05) is 39.8 Å². The minimum Gasteiger partial charge on any atom is -0.494 e. The number of likely N-dealkylation sites (tertiary alicyclic amines) is 1. The zero-order valence-electron chi connectivity index (χ0n) is 21.5. The average Bonchev–Trinajstić information content (AvgIpc) is 3.12. The lowest BCUT2D eigenvalue weighted by Crippen LogP contribution is -2.57. The molecule has 3 aromatic rings. The molecule has 3 aromatic carbocycles. The van der Waals surface area contributed by atoms with Gasteiger partial charge in [-0.05, 0) is 53.8 Å². The summed E-state index contributed by atoms with van der Waals surface area (Å²) in [6.45, 7) is 4.00. The molecule has 0 N–H and O–H groups in total. The molecule has 0 atom stereocenters. The second-order valence-electron chi connectivity index (χ2n) is 9.89. The van der Waals surface area contributed by atoms with Crippen LogP contribution in [-0.4, -0.2) is 78.7 Å². The molecular formula is C30H35N3O4. The van der Waals surface area contributed by atoms with Crippen LogP contribution in [0.1, 0.15) is 24.8 Å². The maximum Gasteiger partial charge on any atom is 0.327 e. The first-order valence-electron chi connectivity index (χ1n) is 13.1. The highest BCUT2D eigenvalue weighted by Crippen LogP contribution is 2.37. The summed E-state index contributed by atoms with van der Waals surface area (Å²) in [6.07, 6.45) is 1.85. The van der Waals surface area contributed by atoms with Gasteiger partial charge in [-0.2, -0.15) is 0 Å². The summed E-state index contributed by atoms with van der Waals surface area (Å²) in [5.74, 6) is 0.720. The molecule has 5 rings (SSSR count). The molecule has 0 radical (unpaired) electrons. The minimum absolute atomic E-state index is 0.0707. The number of methoxy groups -OCH3 is 1. The number of amides is 3. The summed E-state index contributed by atoms with van der Waals surface area (Å²) < 4.78 is 11.1. The van der Waals surface area contributed by atoms with Gasteiger partial charge in [0.15, 0.2) is 0 Å². The fourth-order valence-corrected chi connectivity index (χ4v) is 5.56. The fraction of sp³-hybridized carbons (Fsp3) is 0.400. The molecule has 2 aliphatic heterocycles. The number of urea groups is 1. The van der Waals surface area contributed by atoms with Gasteiger partial charge in [-0.15, -0.1) is 0 Å². The molecule has 2 fully saturated rings. The third-order valence-electron chi connectivity index (χ3n) is 7.58. The maximum atomic E-state index is 13.7. The number of imide groups is 1. The van der Waals surface area contributed by atoms with E-state index in [2.05, 4.69) is 47.4 Å². The Bertz CT molecular complexity index is 1220. The minimum atomic E-state index is -0.782. The zero-order valence-corrected chi connectivity index (χ0v) is 21.5. The largest absolute Gasteiger partial charge is 0.494 e. The lowest BCUT2D eigenvalue weighted by Gasteiger charge is -2.42. The molecule has 0 saturated carbocycles. The number of ether oxygens (including phenoxy) is 2. The number of benzene rings is 3. The number of fused-ring (bicyclic) bond motifs is 1. The van der Waals surface area contributed by atoms with Crippen molar-refractivity contribution in [3.05, 3.63) is 78.4 Å². The van der Waals surface area contributed by atoms with Crippen molar-refractivity contribution < 1.29 is 19.1 Å². The summed E-state index contributed by atoms with van der Waals surface area (Å²) in [5.41, 5.74) is 0.482. The number of nitrogens with zero attached hydrogens (tertiary/aromatic N) is 3. The van der Waals surface area contributed by atoms with Crippen molar-refractivity contribution in [2.45, 2.75) is 31.3 Å². The van der Waals surface area contributed by atoms with Gasteiger partial charge < -0.3 is 14.4 Å². The maximum absolute atomic E-state index is 13.7. The summed E-state index contributed by atoms with van der Waals surface area (Å²) in [4.78, 5) is 32.7. The molecule has 3 amide bonds. The molecule has 2 heterocycles. The number of carbonyl (C=O) groups is 2. The standard InChI is InChI=1S/C30H35N3O4/c1-36-21-19-33-29(35)32(16-7-20-37-27-10-3-2-4-11-27)28(34)30(33)14-17-31(18-15-30)23-24-12-13-25-8-5-6-9-26(25)22-24/h2-6,8-13,22H,7,14-21,23H2,1H3. The van der Waals surface area contributed by atoms with E-state index in [1.54, 1.807) is 12.0 Å². The molecule has 0 bridgehead atoms. The first kappa shape index (κ1) is 25.2. The van der Waals surface area contributed by atoms with E-state index in [9.17, 15) is 9.59 Å². The Morgan fingerprint density at radius 1 is 0.838 bits per heavy atom. The molecule has 37 heavy (non-hydrogen) atoms. The van der Waals surface area contributed by atoms with Gasteiger partial charge in [-0.25, -0.2) is 4.79 Å². The molecule has 2 saturated heterocycles. The number of para-hydroxylation sites is 1. The molecule has 7 heteroatoms. The lowest BCUT2D eigenvalue weighted by molar-refractivity contribution is -0.136. The molecule has 0 aromatic heterocycles. The van der Waals surface area contributed by atoms with E-state index in [1.165, 1.54) is 21.2 Å². The van der Waals surface area contributed by atoms with Crippen molar-refractivity contribution in [3.63, 3.8) is 0 Å². The number of piperidine rings is 1. The van der Waals surface area contributed by atoms with Crippen LogP contribution in [0.5, 0.6) is 5.75 Å². The molecule has 2 aliphatic rings. The SMILES string of the molecule is COCCN1C(=O)N(CCCOc2ccccc2)C(=O)C12CCN(Cc1ccc3ccccc3c1)CC2. The number of hydrogen-bond donors (Lipinski definition) is 0. The Labute approximate surface area is 218 Å². The Hall–Kier alpha value is -3.42. The van der Waals surface area contributed by atoms with E-state index in [4.69, 9.17) is 9.47 Å². The Morgan fingerprint density at radius 3 is 2.32 bits per heavy atom. The summed E-state index contributed by atoms with van der Waals surface area (Å²) in [5, 5.41) is 2.48. The van der Waals surface area contributed by atoms with Crippen LogP contribution in [0.4, 0.5) is 4.79 Å². The first-order chi connectivity index (χ1) is 18.1. The van der Waals surface area contributed by atoms with Crippen LogP contribution in [0.25, 0.3) is 10.8 Å². The molecule has 1 spiro atoms.